The van der Waals surface area contributed by atoms with Gasteiger partial charge < -0.3 is 44.0 Å². The summed E-state index contributed by atoms with van der Waals surface area (Å²) in [4.78, 5) is 64.8. The zero-order valence-corrected chi connectivity index (χ0v) is 21.1. The maximum Gasteiger partial charge on any atom is 0.326 e. The highest BCUT2D eigenvalue weighted by molar-refractivity contribution is 7.98. The van der Waals surface area contributed by atoms with E-state index in [1.54, 1.807) is 13.8 Å². The van der Waals surface area contributed by atoms with E-state index in [1.807, 2.05) is 6.26 Å². The van der Waals surface area contributed by atoms with Gasteiger partial charge in [-0.1, -0.05) is 13.8 Å². The summed E-state index contributed by atoms with van der Waals surface area (Å²) in [5, 5.41) is 16.6. The van der Waals surface area contributed by atoms with Crippen molar-refractivity contribution < 1.29 is 29.1 Å². The van der Waals surface area contributed by atoms with Crippen LogP contribution in [0.4, 0.5) is 0 Å². The molecule has 0 bridgehead atoms. The zero-order valence-electron chi connectivity index (χ0n) is 20.3. The molecule has 4 unspecified atom stereocenters. The van der Waals surface area contributed by atoms with Gasteiger partial charge in [0.05, 0.1) is 12.5 Å². The van der Waals surface area contributed by atoms with Crippen LogP contribution < -0.4 is 38.9 Å². The largest absolute Gasteiger partial charge is 0.480 e. The third-order valence-electron chi connectivity index (χ3n) is 4.81. The number of rotatable bonds is 17. The summed E-state index contributed by atoms with van der Waals surface area (Å²) in [6, 6.07) is -4.65. The Morgan fingerprint density at radius 3 is 2.00 bits per heavy atom. The standard InChI is InChI=1S/C20H38N8O6S/c1-10(2)15(28-16(30)11(21)6-8-35-3)18(32)27-13(9-14(22)29)17(31)26-12(19(33)34)5-4-7-25-20(23)24/h10-13,15H,4-9,21H2,1-3H3,(H2,22,29)(H,26,31)(H,27,32)(H,28,30)(H,33,34)(H4,23,24,25). The molecule has 12 N–H and O–H groups in total. The molecule has 35 heavy (non-hydrogen) atoms. The molecule has 200 valence electrons. The molecular weight excluding hydrogens is 480 g/mol. The molecule has 14 nitrogen and oxygen atoms in total. The van der Waals surface area contributed by atoms with E-state index in [2.05, 4.69) is 20.9 Å². The second-order valence-corrected chi connectivity index (χ2v) is 9.18. The summed E-state index contributed by atoms with van der Waals surface area (Å²) < 4.78 is 0. The average molecular weight is 519 g/mol. The van der Waals surface area contributed by atoms with Crippen LogP contribution in [0.5, 0.6) is 0 Å². The summed E-state index contributed by atoms with van der Waals surface area (Å²) in [7, 11) is 0. The predicted octanol–water partition coefficient (Wildman–Crippen LogP) is -2.81. The second-order valence-electron chi connectivity index (χ2n) is 8.20. The quantitative estimate of drug-likeness (QED) is 0.0556. The highest BCUT2D eigenvalue weighted by Crippen LogP contribution is 2.07. The van der Waals surface area contributed by atoms with Crippen LogP contribution in [0.3, 0.4) is 0 Å². The van der Waals surface area contributed by atoms with E-state index in [0.717, 1.165) is 0 Å². The van der Waals surface area contributed by atoms with Gasteiger partial charge in [-0.05, 0) is 37.2 Å². The van der Waals surface area contributed by atoms with Crippen molar-refractivity contribution >= 4 is 47.3 Å². The van der Waals surface area contributed by atoms with E-state index in [0.29, 0.717) is 12.2 Å². The number of aliphatic carboxylic acids is 1. The number of primary amides is 1. The van der Waals surface area contributed by atoms with Crippen molar-refractivity contribution in [1.29, 1.82) is 0 Å². The van der Waals surface area contributed by atoms with Gasteiger partial charge in [-0.15, -0.1) is 0 Å². The van der Waals surface area contributed by atoms with Gasteiger partial charge in [-0.2, -0.15) is 11.8 Å². The molecule has 0 radical (unpaired) electrons. The molecule has 0 aromatic carbocycles. The Labute approximate surface area is 208 Å². The Kier molecular flexibility index (Phi) is 15.1. The molecule has 0 aromatic rings. The van der Waals surface area contributed by atoms with Gasteiger partial charge in [0.15, 0.2) is 5.96 Å². The van der Waals surface area contributed by atoms with Crippen molar-refractivity contribution in [3.8, 4) is 0 Å². The van der Waals surface area contributed by atoms with Crippen molar-refractivity contribution in [2.24, 2.45) is 33.8 Å². The zero-order chi connectivity index (χ0) is 27.1. The topological polar surface area (TPSA) is 258 Å². The minimum atomic E-state index is -1.46. The number of nitrogens with one attached hydrogen (secondary N) is 3. The molecule has 4 atom stereocenters. The number of amides is 4. The molecule has 0 aliphatic heterocycles. The molecule has 0 heterocycles. The summed E-state index contributed by atoms with van der Waals surface area (Å²) in [5.41, 5.74) is 21.5. The molecule has 0 aliphatic rings. The molecule has 0 saturated heterocycles. The maximum atomic E-state index is 12.9. The first-order valence-corrected chi connectivity index (χ1v) is 12.4. The minimum Gasteiger partial charge on any atom is -0.480 e. The Balaban J connectivity index is 5.37. The molecule has 0 saturated carbocycles. The number of carboxylic acids is 1. The predicted molar refractivity (Wildman–Crippen MR) is 133 cm³/mol. The lowest BCUT2D eigenvalue weighted by molar-refractivity contribution is -0.142. The van der Waals surface area contributed by atoms with Crippen LogP contribution >= 0.6 is 11.8 Å². The smallest absolute Gasteiger partial charge is 0.326 e. The SMILES string of the molecule is CSCCC(N)C(=O)NC(C(=O)NC(CC(N)=O)C(=O)NC(CCCN=C(N)N)C(=O)O)C(C)C. The Morgan fingerprint density at radius 2 is 1.51 bits per heavy atom. The number of guanidine groups is 1. The molecular formula is C20H38N8O6S. The van der Waals surface area contributed by atoms with Gasteiger partial charge in [0.25, 0.3) is 0 Å². The molecule has 0 aliphatic carbocycles. The van der Waals surface area contributed by atoms with Crippen molar-refractivity contribution in [2.75, 3.05) is 18.6 Å². The Bertz CT molecular complexity index is 775. The van der Waals surface area contributed by atoms with Crippen LogP contribution in [0.2, 0.25) is 0 Å². The van der Waals surface area contributed by atoms with Gasteiger partial charge in [0.1, 0.15) is 18.1 Å². The third kappa shape index (κ3) is 13.4. The highest BCUT2D eigenvalue weighted by atomic mass is 32.2. The summed E-state index contributed by atoms with van der Waals surface area (Å²) >= 11 is 1.52. The number of nitrogens with two attached hydrogens (primary N) is 4. The van der Waals surface area contributed by atoms with E-state index in [4.69, 9.17) is 22.9 Å². The van der Waals surface area contributed by atoms with Gasteiger partial charge in [0, 0.05) is 6.54 Å². The number of hydrogen-bond acceptors (Lipinski definition) is 8. The van der Waals surface area contributed by atoms with Gasteiger partial charge in [-0.3, -0.25) is 24.2 Å². The minimum absolute atomic E-state index is 0.00625. The average Bonchev–Trinajstić information content (AvgIpc) is 2.75. The van der Waals surface area contributed by atoms with Gasteiger partial charge in [-0.25, -0.2) is 4.79 Å². The summed E-state index contributed by atoms with van der Waals surface area (Å²) in [5.74, 6) is -4.29. The molecule has 0 rings (SSSR count). The van der Waals surface area contributed by atoms with Crippen LogP contribution in [-0.4, -0.2) is 83.4 Å². The van der Waals surface area contributed by atoms with Crippen LogP contribution in [-0.2, 0) is 24.0 Å². The van der Waals surface area contributed by atoms with Crippen LogP contribution in [0.1, 0.15) is 39.5 Å². The molecule has 15 heteroatoms. The van der Waals surface area contributed by atoms with E-state index in [1.165, 1.54) is 11.8 Å². The van der Waals surface area contributed by atoms with E-state index in [-0.39, 0.29) is 31.3 Å². The fraction of sp³-hybridized carbons (Fsp3) is 0.700. The fourth-order valence-electron chi connectivity index (χ4n) is 2.88. The lowest BCUT2D eigenvalue weighted by Gasteiger charge is -2.26. The lowest BCUT2D eigenvalue weighted by Crippen LogP contribution is -2.59. The second kappa shape index (κ2) is 16.5. The maximum absolute atomic E-state index is 12.9. The van der Waals surface area contributed by atoms with E-state index in [9.17, 15) is 29.1 Å². The van der Waals surface area contributed by atoms with Gasteiger partial charge >= 0.3 is 5.97 Å². The molecule has 0 spiro atoms. The fourth-order valence-corrected chi connectivity index (χ4v) is 3.37. The number of thioether (sulfide) groups is 1. The monoisotopic (exact) mass is 518 g/mol. The number of carboxylic acid groups (broad SMARTS) is 1. The number of nitrogens with zero attached hydrogens (tertiary/aromatic N) is 1. The number of hydrogen-bond donors (Lipinski definition) is 8. The Morgan fingerprint density at radius 1 is 0.914 bits per heavy atom. The lowest BCUT2D eigenvalue weighted by atomic mass is 10.0. The number of aliphatic imine (C=N–C) groups is 1. The first-order chi connectivity index (χ1) is 16.3. The third-order valence-corrected chi connectivity index (χ3v) is 5.46. The first-order valence-electron chi connectivity index (χ1n) is 11.0. The van der Waals surface area contributed by atoms with Crippen molar-refractivity contribution in [2.45, 2.75) is 63.7 Å². The normalized spacial score (nSPS) is 14.2. The summed E-state index contributed by atoms with van der Waals surface area (Å²) in [6.07, 6.45) is 1.95. The van der Waals surface area contributed by atoms with E-state index < -0.39 is 60.2 Å². The molecule has 4 amide bonds. The number of carbonyl (C=O) groups excluding carboxylic acids is 4. The highest BCUT2D eigenvalue weighted by Gasteiger charge is 2.32. The Hall–Kier alpha value is -3.07. The van der Waals surface area contributed by atoms with E-state index >= 15 is 0 Å². The van der Waals surface area contributed by atoms with Crippen LogP contribution in [0.15, 0.2) is 4.99 Å². The van der Waals surface area contributed by atoms with Gasteiger partial charge in [0.2, 0.25) is 23.6 Å². The van der Waals surface area contributed by atoms with Crippen LogP contribution in [0, 0.1) is 5.92 Å². The summed E-state index contributed by atoms with van der Waals surface area (Å²) in [6.45, 7) is 3.51. The first kappa shape index (κ1) is 31.9. The molecule has 0 aromatic heterocycles. The van der Waals surface area contributed by atoms with Crippen molar-refractivity contribution in [3.05, 3.63) is 0 Å². The number of carbonyl (C=O) groups is 5. The van der Waals surface area contributed by atoms with Crippen molar-refractivity contribution in [1.82, 2.24) is 16.0 Å². The molecule has 0 fully saturated rings. The van der Waals surface area contributed by atoms with Crippen molar-refractivity contribution in [3.63, 3.8) is 0 Å². The van der Waals surface area contributed by atoms with Crippen LogP contribution in [0.25, 0.3) is 0 Å².